The Bertz CT molecular complexity index is 1240. The molecule has 5 aromatic rings. The fourth-order valence-corrected chi connectivity index (χ4v) is 4.51. The van der Waals surface area contributed by atoms with Gasteiger partial charge in [-0.25, -0.2) is 0 Å². The van der Waals surface area contributed by atoms with Crippen LogP contribution in [0.4, 0.5) is 0 Å². The van der Waals surface area contributed by atoms with E-state index in [0.717, 1.165) is 22.6 Å². The molecule has 4 heteroatoms. The van der Waals surface area contributed by atoms with Gasteiger partial charge >= 0.3 is 0 Å². The van der Waals surface area contributed by atoms with Crippen molar-refractivity contribution in [2.75, 3.05) is 26.4 Å². The molecule has 2 N–H and O–H groups in total. The van der Waals surface area contributed by atoms with E-state index in [4.69, 9.17) is 19.7 Å². The van der Waals surface area contributed by atoms with Gasteiger partial charge in [-0.15, -0.1) is 0 Å². The maximum absolute atomic E-state index is 9.03. The van der Waals surface area contributed by atoms with Crippen molar-refractivity contribution in [2.45, 2.75) is 0 Å². The fourth-order valence-electron chi connectivity index (χ4n) is 4.51. The van der Waals surface area contributed by atoms with Gasteiger partial charge in [0.15, 0.2) is 0 Å². The van der Waals surface area contributed by atoms with Crippen molar-refractivity contribution in [3.8, 4) is 33.8 Å². The van der Waals surface area contributed by atoms with Gasteiger partial charge in [0.2, 0.25) is 0 Å². The molecule has 0 atom stereocenters. The Hall–Kier alpha value is -3.86. The first-order valence-corrected chi connectivity index (χ1v) is 11.4. The third kappa shape index (κ3) is 4.21. The van der Waals surface area contributed by atoms with Gasteiger partial charge in [-0.2, -0.15) is 0 Å². The Kier molecular flexibility index (Phi) is 6.43. The number of hydrogen-bond donors (Lipinski definition) is 2. The van der Waals surface area contributed by atoms with Crippen LogP contribution >= 0.6 is 0 Å². The molecule has 34 heavy (non-hydrogen) atoms. The van der Waals surface area contributed by atoms with Gasteiger partial charge in [0, 0.05) is 0 Å². The van der Waals surface area contributed by atoms with E-state index in [1.165, 1.54) is 32.7 Å². The maximum Gasteiger partial charge on any atom is 0.119 e. The molecule has 0 radical (unpaired) electrons. The van der Waals surface area contributed by atoms with Crippen LogP contribution in [-0.2, 0) is 0 Å². The standard InChI is InChI=1S/C30H26O4/c31-17-19-33-23-13-9-21(10-14-23)29-25-5-1-2-6-26(25)30(28-8-4-3-7-27(28)29)22-11-15-24(16-12-22)34-20-18-32/h1-16,31-32H,17-20H2. The van der Waals surface area contributed by atoms with Crippen molar-refractivity contribution < 1.29 is 19.7 Å². The van der Waals surface area contributed by atoms with Crippen molar-refractivity contribution in [1.82, 2.24) is 0 Å². The van der Waals surface area contributed by atoms with Crippen LogP contribution in [0.3, 0.4) is 0 Å². The molecule has 0 heterocycles. The number of hydrogen-bond acceptors (Lipinski definition) is 4. The number of fused-ring (bicyclic) bond motifs is 2. The Morgan fingerprint density at radius 1 is 0.441 bits per heavy atom. The third-order valence-corrected chi connectivity index (χ3v) is 5.94. The molecule has 0 amide bonds. The van der Waals surface area contributed by atoms with Crippen LogP contribution in [0.15, 0.2) is 97.1 Å². The molecule has 0 saturated carbocycles. The Balaban J connectivity index is 1.70. The third-order valence-electron chi connectivity index (χ3n) is 5.94. The highest BCUT2D eigenvalue weighted by Gasteiger charge is 2.16. The molecule has 0 spiro atoms. The van der Waals surface area contributed by atoms with Crippen LogP contribution in [0.2, 0.25) is 0 Å². The molecule has 0 aliphatic carbocycles. The first kappa shape index (κ1) is 22.0. The van der Waals surface area contributed by atoms with Crippen molar-refractivity contribution in [2.24, 2.45) is 0 Å². The lowest BCUT2D eigenvalue weighted by Crippen LogP contribution is -2.01. The van der Waals surface area contributed by atoms with E-state index in [2.05, 4.69) is 72.8 Å². The zero-order valence-electron chi connectivity index (χ0n) is 18.8. The molecule has 0 saturated heterocycles. The lowest BCUT2D eigenvalue weighted by Gasteiger charge is -2.18. The summed E-state index contributed by atoms with van der Waals surface area (Å²) in [7, 11) is 0. The van der Waals surface area contributed by atoms with Crippen LogP contribution in [0.25, 0.3) is 43.8 Å². The summed E-state index contributed by atoms with van der Waals surface area (Å²) in [5.41, 5.74) is 4.60. The second-order valence-corrected chi connectivity index (χ2v) is 8.03. The molecule has 4 nitrogen and oxygen atoms in total. The van der Waals surface area contributed by atoms with E-state index >= 15 is 0 Å². The Labute approximate surface area is 198 Å². The van der Waals surface area contributed by atoms with Crippen LogP contribution in [0, 0.1) is 0 Å². The van der Waals surface area contributed by atoms with Gasteiger partial charge in [0.25, 0.3) is 0 Å². The molecule has 5 rings (SSSR count). The van der Waals surface area contributed by atoms with Crippen LogP contribution in [0.5, 0.6) is 11.5 Å². The number of aliphatic hydroxyl groups is 2. The monoisotopic (exact) mass is 450 g/mol. The predicted molar refractivity (Wildman–Crippen MR) is 137 cm³/mol. The van der Waals surface area contributed by atoms with Gasteiger partial charge in [-0.1, -0.05) is 72.8 Å². The van der Waals surface area contributed by atoms with Crippen molar-refractivity contribution in [1.29, 1.82) is 0 Å². The van der Waals surface area contributed by atoms with E-state index in [9.17, 15) is 0 Å². The van der Waals surface area contributed by atoms with E-state index in [0.29, 0.717) is 0 Å². The normalized spacial score (nSPS) is 11.1. The molecule has 0 bridgehead atoms. The molecule has 0 aliphatic heterocycles. The minimum atomic E-state index is -0.00692. The number of ether oxygens (including phenoxy) is 2. The summed E-state index contributed by atoms with van der Waals surface area (Å²) in [4.78, 5) is 0. The summed E-state index contributed by atoms with van der Waals surface area (Å²) in [6, 6.07) is 33.1. The highest BCUT2D eigenvalue weighted by atomic mass is 16.5. The zero-order chi connectivity index (χ0) is 23.3. The molecule has 0 fully saturated rings. The molecule has 170 valence electrons. The highest BCUT2D eigenvalue weighted by Crippen LogP contribution is 2.43. The summed E-state index contributed by atoms with van der Waals surface area (Å²) in [6.07, 6.45) is 0. The maximum atomic E-state index is 9.03. The van der Waals surface area contributed by atoms with Gasteiger partial charge in [-0.3, -0.25) is 0 Å². The summed E-state index contributed by atoms with van der Waals surface area (Å²) < 4.78 is 11.1. The minimum Gasteiger partial charge on any atom is -0.491 e. The topological polar surface area (TPSA) is 58.9 Å². The average Bonchev–Trinajstić information content (AvgIpc) is 2.90. The molecule has 0 aliphatic rings. The average molecular weight is 451 g/mol. The summed E-state index contributed by atoms with van der Waals surface area (Å²) in [5, 5.41) is 22.8. The lowest BCUT2D eigenvalue weighted by atomic mass is 9.86. The summed E-state index contributed by atoms with van der Waals surface area (Å²) in [6.45, 7) is 0.549. The van der Waals surface area contributed by atoms with E-state index in [1.54, 1.807) is 0 Å². The van der Waals surface area contributed by atoms with E-state index < -0.39 is 0 Å². The SMILES string of the molecule is OCCOc1ccc(-c2c3ccccc3c(-c3ccc(OCCO)cc3)c3ccccc23)cc1. The predicted octanol–water partition coefficient (Wildman–Crippen LogP) is 6.07. The largest absolute Gasteiger partial charge is 0.491 e. The zero-order valence-corrected chi connectivity index (χ0v) is 18.8. The van der Waals surface area contributed by atoms with Gasteiger partial charge < -0.3 is 19.7 Å². The van der Waals surface area contributed by atoms with Gasteiger partial charge in [-0.05, 0) is 68.1 Å². The number of benzene rings is 5. The van der Waals surface area contributed by atoms with Crippen LogP contribution in [0.1, 0.15) is 0 Å². The van der Waals surface area contributed by atoms with Crippen molar-refractivity contribution in [3.05, 3.63) is 97.1 Å². The molecular formula is C30H26O4. The highest BCUT2D eigenvalue weighted by molar-refractivity contribution is 6.21. The van der Waals surface area contributed by atoms with Crippen LogP contribution < -0.4 is 9.47 Å². The van der Waals surface area contributed by atoms with Gasteiger partial charge in [0.05, 0.1) is 13.2 Å². The number of rotatable bonds is 8. The summed E-state index contributed by atoms with van der Waals surface area (Å²) >= 11 is 0. The minimum absolute atomic E-state index is 0.00692. The molecular weight excluding hydrogens is 424 g/mol. The van der Waals surface area contributed by atoms with E-state index in [-0.39, 0.29) is 26.4 Å². The second kappa shape index (κ2) is 9.96. The molecule has 5 aromatic carbocycles. The van der Waals surface area contributed by atoms with Crippen LogP contribution in [-0.4, -0.2) is 36.6 Å². The first-order valence-electron chi connectivity index (χ1n) is 11.4. The Morgan fingerprint density at radius 3 is 1.06 bits per heavy atom. The van der Waals surface area contributed by atoms with E-state index in [1.807, 2.05) is 24.3 Å². The number of aliphatic hydroxyl groups excluding tert-OH is 2. The second-order valence-electron chi connectivity index (χ2n) is 8.03. The quantitative estimate of drug-likeness (QED) is 0.282. The molecule has 0 unspecified atom stereocenters. The summed E-state index contributed by atoms with van der Waals surface area (Å²) in [5.74, 6) is 1.48. The first-order chi connectivity index (χ1) is 16.8. The smallest absolute Gasteiger partial charge is 0.119 e. The lowest BCUT2D eigenvalue weighted by molar-refractivity contribution is 0.201. The molecule has 0 aromatic heterocycles. The fraction of sp³-hybridized carbons (Fsp3) is 0.133. The van der Waals surface area contributed by atoms with Crippen molar-refractivity contribution >= 4 is 21.5 Å². The Morgan fingerprint density at radius 2 is 0.765 bits per heavy atom. The van der Waals surface area contributed by atoms with Gasteiger partial charge in [0.1, 0.15) is 24.7 Å². The van der Waals surface area contributed by atoms with Crippen molar-refractivity contribution in [3.63, 3.8) is 0 Å².